The van der Waals surface area contributed by atoms with Gasteiger partial charge in [-0.2, -0.15) is 0 Å². The first-order valence-electron chi connectivity index (χ1n) is 7.06. The van der Waals surface area contributed by atoms with Gasteiger partial charge >= 0.3 is 5.97 Å². The van der Waals surface area contributed by atoms with Gasteiger partial charge in [0.25, 0.3) is 0 Å². The molecule has 2 aliphatic heterocycles. The molecule has 0 spiro atoms. The van der Waals surface area contributed by atoms with Crippen molar-refractivity contribution in [1.29, 1.82) is 0 Å². The number of rotatable bonds is 2. The summed E-state index contributed by atoms with van der Waals surface area (Å²) in [5, 5.41) is 9.27. The Hall–Kier alpha value is -1.62. The average molecular weight is 278 g/mol. The Morgan fingerprint density at radius 2 is 2.05 bits per heavy atom. The molecule has 2 atom stereocenters. The summed E-state index contributed by atoms with van der Waals surface area (Å²) >= 11 is 0. The molecule has 1 aromatic carbocycles. The van der Waals surface area contributed by atoms with E-state index in [1.807, 2.05) is 4.90 Å². The zero-order valence-electron chi connectivity index (χ0n) is 11.6. The van der Waals surface area contributed by atoms with Gasteiger partial charge in [-0.25, -0.2) is 9.18 Å². The number of carboxylic acid groups (broad SMARTS) is 1. The second kappa shape index (κ2) is 5.05. The Morgan fingerprint density at radius 3 is 2.80 bits per heavy atom. The summed E-state index contributed by atoms with van der Waals surface area (Å²) in [7, 11) is 2.12. The van der Waals surface area contributed by atoms with Crippen molar-refractivity contribution < 1.29 is 14.3 Å². The Balaban J connectivity index is 1.95. The van der Waals surface area contributed by atoms with Gasteiger partial charge < -0.3 is 10.0 Å². The minimum atomic E-state index is -1.07. The topological polar surface area (TPSA) is 43.8 Å². The van der Waals surface area contributed by atoms with Gasteiger partial charge in [0.15, 0.2) is 0 Å². The lowest BCUT2D eigenvalue weighted by Crippen LogP contribution is -2.37. The van der Waals surface area contributed by atoms with Crippen LogP contribution in [0.1, 0.15) is 29.6 Å². The van der Waals surface area contributed by atoms with Crippen molar-refractivity contribution in [3.05, 3.63) is 29.6 Å². The molecular weight excluding hydrogens is 259 g/mol. The third-order valence-corrected chi connectivity index (χ3v) is 4.68. The largest absolute Gasteiger partial charge is 0.478 e. The van der Waals surface area contributed by atoms with Crippen molar-refractivity contribution in [2.24, 2.45) is 0 Å². The molecule has 1 aromatic rings. The molecule has 2 heterocycles. The van der Waals surface area contributed by atoms with Gasteiger partial charge in [-0.05, 0) is 38.4 Å². The molecule has 20 heavy (non-hydrogen) atoms. The average Bonchev–Trinajstić information content (AvgIpc) is 2.64. The van der Waals surface area contributed by atoms with Gasteiger partial charge in [0.05, 0.1) is 11.3 Å². The van der Waals surface area contributed by atoms with Crippen molar-refractivity contribution >= 4 is 11.7 Å². The Labute approximate surface area is 117 Å². The number of carbonyl (C=O) groups is 1. The second-order valence-corrected chi connectivity index (χ2v) is 5.73. The van der Waals surface area contributed by atoms with E-state index in [2.05, 4.69) is 11.9 Å². The highest BCUT2D eigenvalue weighted by Gasteiger charge is 2.36. The van der Waals surface area contributed by atoms with E-state index in [1.165, 1.54) is 24.6 Å². The van der Waals surface area contributed by atoms with Gasteiger partial charge in [0.1, 0.15) is 5.82 Å². The molecule has 108 valence electrons. The standard InChI is InChI=1S/C15H19FN2O2/c1-17-10-5-6-11(17)9-18(8-7-10)14-12(15(19)20)3-2-4-13(14)16/h2-4,10-11H,5-9H2,1H3,(H,19,20). The van der Waals surface area contributed by atoms with Crippen LogP contribution in [0.2, 0.25) is 0 Å². The van der Waals surface area contributed by atoms with Crippen molar-refractivity contribution in [1.82, 2.24) is 4.90 Å². The van der Waals surface area contributed by atoms with Gasteiger partial charge in [0.2, 0.25) is 0 Å². The van der Waals surface area contributed by atoms with Gasteiger partial charge in [-0.15, -0.1) is 0 Å². The summed E-state index contributed by atoms with van der Waals surface area (Å²) in [5.41, 5.74) is 0.311. The molecular formula is C15H19FN2O2. The first kappa shape index (κ1) is 13.4. The first-order valence-corrected chi connectivity index (χ1v) is 7.06. The molecule has 0 amide bonds. The number of likely N-dealkylation sites (N-methyl/N-ethyl adjacent to an activating group) is 1. The maximum absolute atomic E-state index is 14.1. The van der Waals surface area contributed by atoms with Crippen LogP contribution in [0.4, 0.5) is 10.1 Å². The molecule has 1 N–H and O–H groups in total. The van der Waals surface area contributed by atoms with E-state index in [-0.39, 0.29) is 11.3 Å². The summed E-state index contributed by atoms with van der Waals surface area (Å²) < 4.78 is 14.1. The molecule has 0 aromatic heterocycles. The Bertz CT molecular complexity index is 535. The third kappa shape index (κ3) is 2.16. The van der Waals surface area contributed by atoms with Crippen LogP contribution in [0.3, 0.4) is 0 Å². The third-order valence-electron chi connectivity index (χ3n) is 4.68. The summed E-state index contributed by atoms with van der Waals surface area (Å²) in [6.07, 6.45) is 3.26. The number of halogens is 1. The lowest BCUT2D eigenvalue weighted by atomic mass is 10.1. The molecule has 2 aliphatic rings. The van der Waals surface area contributed by atoms with E-state index in [4.69, 9.17) is 0 Å². The van der Waals surface area contributed by atoms with Crippen LogP contribution < -0.4 is 4.90 Å². The summed E-state index contributed by atoms with van der Waals surface area (Å²) in [4.78, 5) is 15.6. The molecule has 4 nitrogen and oxygen atoms in total. The van der Waals surface area contributed by atoms with Crippen molar-refractivity contribution in [2.75, 3.05) is 25.0 Å². The normalized spacial score (nSPS) is 26.6. The molecule has 2 saturated heterocycles. The number of benzene rings is 1. The minimum Gasteiger partial charge on any atom is -0.478 e. The summed E-state index contributed by atoms with van der Waals surface area (Å²) in [6.45, 7) is 1.42. The fourth-order valence-electron chi connectivity index (χ4n) is 3.52. The summed E-state index contributed by atoms with van der Waals surface area (Å²) in [5.74, 6) is -1.51. The highest BCUT2D eigenvalue weighted by Crippen LogP contribution is 2.33. The lowest BCUT2D eigenvalue weighted by Gasteiger charge is -2.28. The number of nitrogens with zero attached hydrogens (tertiary/aromatic N) is 2. The van der Waals surface area contributed by atoms with Gasteiger partial charge in [0, 0.05) is 25.2 Å². The molecule has 2 unspecified atom stereocenters. The van der Waals surface area contributed by atoms with E-state index in [0.29, 0.717) is 25.2 Å². The van der Waals surface area contributed by atoms with Crippen LogP contribution in [-0.4, -0.2) is 48.2 Å². The number of para-hydroxylation sites is 1. The molecule has 0 radical (unpaired) electrons. The fraction of sp³-hybridized carbons (Fsp3) is 0.533. The zero-order chi connectivity index (χ0) is 14.3. The maximum Gasteiger partial charge on any atom is 0.337 e. The van der Waals surface area contributed by atoms with E-state index in [0.717, 1.165) is 12.8 Å². The van der Waals surface area contributed by atoms with E-state index in [1.54, 1.807) is 0 Å². The molecule has 5 heteroatoms. The van der Waals surface area contributed by atoms with Gasteiger partial charge in [-0.1, -0.05) is 6.07 Å². The molecule has 3 rings (SSSR count). The lowest BCUT2D eigenvalue weighted by molar-refractivity contribution is 0.0697. The van der Waals surface area contributed by atoms with E-state index in [9.17, 15) is 14.3 Å². The molecule has 0 saturated carbocycles. The van der Waals surface area contributed by atoms with Crippen molar-refractivity contribution in [3.63, 3.8) is 0 Å². The first-order chi connectivity index (χ1) is 9.58. The zero-order valence-corrected chi connectivity index (χ0v) is 11.6. The second-order valence-electron chi connectivity index (χ2n) is 5.73. The monoisotopic (exact) mass is 278 g/mol. The van der Waals surface area contributed by atoms with E-state index >= 15 is 0 Å². The molecule has 0 aliphatic carbocycles. The number of fused-ring (bicyclic) bond motifs is 2. The fourth-order valence-corrected chi connectivity index (χ4v) is 3.52. The molecule has 2 bridgehead atoms. The minimum absolute atomic E-state index is 0.0606. The highest BCUT2D eigenvalue weighted by molar-refractivity contribution is 5.94. The van der Waals surface area contributed by atoms with Crippen LogP contribution in [-0.2, 0) is 0 Å². The number of aromatic carboxylic acids is 1. The predicted octanol–water partition coefficient (Wildman–Crippen LogP) is 2.20. The Kier molecular flexibility index (Phi) is 3.38. The number of hydrogen-bond donors (Lipinski definition) is 1. The number of hydrogen-bond acceptors (Lipinski definition) is 3. The van der Waals surface area contributed by atoms with Crippen LogP contribution in [0, 0.1) is 5.82 Å². The number of carboxylic acids is 1. The van der Waals surface area contributed by atoms with Crippen LogP contribution in [0.15, 0.2) is 18.2 Å². The highest BCUT2D eigenvalue weighted by atomic mass is 19.1. The van der Waals surface area contributed by atoms with Crippen molar-refractivity contribution in [2.45, 2.75) is 31.3 Å². The van der Waals surface area contributed by atoms with Crippen LogP contribution in [0.5, 0.6) is 0 Å². The molecule has 2 fully saturated rings. The van der Waals surface area contributed by atoms with Crippen LogP contribution >= 0.6 is 0 Å². The SMILES string of the molecule is CN1C2CCC1CN(c1c(F)cccc1C(=O)O)CC2. The number of anilines is 1. The Morgan fingerprint density at radius 1 is 1.30 bits per heavy atom. The van der Waals surface area contributed by atoms with Crippen LogP contribution in [0.25, 0.3) is 0 Å². The maximum atomic E-state index is 14.1. The van der Waals surface area contributed by atoms with Crippen molar-refractivity contribution in [3.8, 4) is 0 Å². The summed E-state index contributed by atoms with van der Waals surface area (Å²) in [6, 6.07) is 5.22. The smallest absolute Gasteiger partial charge is 0.337 e. The predicted molar refractivity (Wildman–Crippen MR) is 74.8 cm³/mol. The van der Waals surface area contributed by atoms with E-state index < -0.39 is 11.8 Å². The quantitative estimate of drug-likeness (QED) is 0.900. The van der Waals surface area contributed by atoms with Gasteiger partial charge in [-0.3, -0.25) is 4.90 Å².